The van der Waals surface area contributed by atoms with Crippen LogP contribution >= 0.6 is 0 Å². The Bertz CT molecular complexity index is 925. The number of hydrogen-bond acceptors (Lipinski definition) is 4. The summed E-state index contributed by atoms with van der Waals surface area (Å²) in [5.41, 5.74) is 1.57. The van der Waals surface area contributed by atoms with Gasteiger partial charge in [-0.05, 0) is 57.9 Å². The smallest absolute Gasteiger partial charge is 0.410 e. The number of piperazine rings is 1. The lowest BCUT2D eigenvalue weighted by molar-refractivity contribution is -0.147. The number of rotatable bonds is 5. The Hall–Kier alpha value is -3.02. The first kappa shape index (κ1) is 23.6. The topological polar surface area (TPSA) is 70.1 Å². The molecule has 0 aliphatic carbocycles. The number of carbonyl (C=O) groups is 2. The number of ether oxygens (including phenoxy) is 1. The molecule has 1 amide bonds. The minimum atomic E-state index is -0.956. The maximum Gasteiger partial charge on any atom is 0.410 e. The van der Waals surface area contributed by atoms with E-state index in [1.165, 1.54) is 0 Å². The highest BCUT2D eigenvalue weighted by molar-refractivity contribution is 5.76. The van der Waals surface area contributed by atoms with Crippen LogP contribution in [-0.4, -0.2) is 53.8 Å². The number of aliphatic carboxylic acids is 1. The second-order valence-corrected chi connectivity index (χ2v) is 9.92. The van der Waals surface area contributed by atoms with E-state index in [9.17, 15) is 14.7 Å². The van der Waals surface area contributed by atoms with E-state index in [1.54, 1.807) is 18.7 Å². The average Bonchev–Trinajstić information content (AvgIpc) is 2.74. The van der Waals surface area contributed by atoms with Gasteiger partial charge in [-0.1, -0.05) is 42.5 Å². The Labute approximate surface area is 190 Å². The molecule has 1 atom stereocenters. The van der Waals surface area contributed by atoms with E-state index in [0.717, 1.165) is 29.9 Å². The van der Waals surface area contributed by atoms with Crippen LogP contribution in [0.2, 0.25) is 0 Å². The minimum Gasteiger partial charge on any atom is -0.481 e. The van der Waals surface area contributed by atoms with Crippen LogP contribution in [0.25, 0.3) is 0 Å². The Morgan fingerprint density at radius 3 is 1.88 bits per heavy atom. The van der Waals surface area contributed by atoms with Crippen LogP contribution in [0, 0.1) is 5.41 Å². The van der Waals surface area contributed by atoms with Gasteiger partial charge >= 0.3 is 12.1 Å². The largest absolute Gasteiger partial charge is 0.481 e. The first-order valence-electron chi connectivity index (χ1n) is 11.1. The SMILES string of the molecule is CC(C)(C)OC(=O)N1CCN(c2ccc(C(c3ccccc3)C(C)(C)C(=O)O)cc2)CC1. The number of carbonyl (C=O) groups excluding carboxylic acids is 1. The fraction of sp³-hybridized carbons (Fsp3) is 0.462. The maximum absolute atomic E-state index is 12.3. The van der Waals surface area contributed by atoms with Crippen LogP contribution < -0.4 is 4.90 Å². The molecule has 1 N–H and O–H groups in total. The molecular weight excluding hydrogens is 404 g/mol. The number of benzene rings is 2. The molecule has 0 radical (unpaired) electrons. The lowest BCUT2D eigenvalue weighted by atomic mass is 9.71. The number of hydrogen-bond donors (Lipinski definition) is 1. The summed E-state index contributed by atoms with van der Waals surface area (Å²) in [5.74, 6) is -1.09. The molecule has 0 bridgehead atoms. The summed E-state index contributed by atoms with van der Waals surface area (Å²) in [4.78, 5) is 28.3. The standard InChI is InChI=1S/C26H34N2O4/c1-25(2,3)32-24(31)28-17-15-27(16-18-28)21-13-11-20(12-14-21)22(26(4,5)23(29)30)19-9-7-6-8-10-19/h6-14,22H,15-18H2,1-5H3,(H,29,30). The molecule has 1 heterocycles. The van der Waals surface area contributed by atoms with Gasteiger partial charge < -0.3 is 19.6 Å². The first-order valence-corrected chi connectivity index (χ1v) is 11.1. The van der Waals surface area contributed by atoms with Gasteiger partial charge in [-0.3, -0.25) is 4.79 Å². The Kier molecular flexibility index (Phi) is 6.82. The lowest BCUT2D eigenvalue weighted by Gasteiger charge is -2.37. The first-order chi connectivity index (χ1) is 15.0. The molecule has 0 aromatic heterocycles. The van der Waals surface area contributed by atoms with Crippen molar-refractivity contribution in [2.45, 2.75) is 46.1 Å². The molecule has 6 heteroatoms. The van der Waals surface area contributed by atoms with Crippen molar-refractivity contribution in [2.24, 2.45) is 5.41 Å². The predicted molar refractivity (Wildman–Crippen MR) is 126 cm³/mol. The Balaban J connectivity index is 1.74. The highest BCUT2D eigenvalue weighted by atomic mass is 16.6. The van der Waals surface area contributed by atoms with E-state index < -0.39 is 17.0 Å². The molecule has 32 heavy (non-hydrogen) atoms. The van der Waals surface area contributed by atoms with Crippen molar-refractivity contribution in [3.8, 4) is 0 Å². The molecule has 1 aliphatic rings. The summed E-state index contributed by atoms with van der Waals surface area (Å²) in [5, 5.41) is 9.88. The maximum atomic E-state index is 12.3. The summed E-state index contributed by atoms with van der Waals surface area (Å²) in [6, 6.07) is 17.9. The summed E-state index contributed by atoms with van der Waals surface area (Å²) in [6.45, 7) is 11.8. The Morgan fingerprint density at radius 1 is 0.844 bits per heavy atom. The monoisotopic (exact) mass is 438 g/mol. The van der Waals surface area contributed by atoms with E-state index in [2.05, 4.69) is 4.90 Å². The zero-order chi connectivity index (χ0) is 23.5. The fourth-order valence-electron chi connectivity index (χ4n) is 4.15. The van der Waals surface area contributed by atoms with Gasteiger partial charge in [-0.2, -0.15) is 0 Å². The van der Waals surface area contributed by atoms with Gasteiger partial charge in [-0.25, -0.2) is 4.79 Å². The van der Waals surface area contributed by atoms with E-state index in [1.807, 2.05) is 75.4 Å². The molecule has 3 rings (SSSR count). The lowest BCUT2D eigenvalue weighted by Crippen LogP contribution is -2.50. The van der Waals surface area contributed by atoms with Gasteiger partial charge in [0.15, 0.2) is 0 Å². The van der Waals surface area contributed by atoms with E-state index >= 15 is 0 Å². The molecule has 2 aromatic carbocycles. The molecule has 1 unspecified atom stereocenters. The van der Waals surface area contributed by atoms with Gasteiger partial charge in [0.1, 0.15) is 5.60 Å². The highest BCUT2D eigenvalue weighted by Crippen LogP contribution is 2.41. The number of nitrogens with zero attached hydrogens (tertiary/aromatic N) is 2. The third-order valence-electron chi connectivity index (χ3n) is 5.93. The zero-order valence-corrected chi connectivity index (χ0v) is 19.7. The number of carboxylic acids is 1. The summed E-state index contributed by atoms with van der Waals surface area (Å²) in [7, 11) is 0. The van der Waals surface area contributed by atoms with Crippen molar-refractivity contribution >= 4 is 17.7 Å². The molecule has 172 valence electrons. The number of amides is 1. The van der Waals surface area contributed by atoms with Gasteiger partial charge in [0, 0.05) is 37.8 Å². The normalized spacial score (nSPS) is 15.9. The predicted octanol–water partition coefficient (Wildman–Crippen LogP) is 4.99. The quantitative estimate of drug-likeness (QED) is 0.712. The third kappa shape index (κ3) is 5.42. The van der Waals surface area contributed by atoms with Crippen LogP contribution in [0.3, 0.4) is 0 Å². The second-order valence-electron chi connectivity index (χ2n) is 9.92. The van der Waals surface area contributed by atoms with Crippen molar-refractivity contribution in [2.75, 3.05) is 31.1 Å². The van der Waals surface area contributed by atoms with Crippen LogP contribution in [0.4, 0.5) is 10.5 Å². The third-order valence-corrected chi connectivity index (χ3v) is 5.93. The molecule has 1 aliphatic heterocycles. The highest BCUT2D eigenvalue weighted by Gasteiger charge is 2.39. The van der Waals surface area contributed by atoms with Gasteiger partial charge in [0.2, 0.25) is 0 Å². The minimum absolute atomic E-state index is 0.265. The molecule has 1 fully saturated rings. The van der Waals surface area contributed by atoms with Crippen molar-refractivity contribution in [1.29, 1.82) is 0 Å². The summed E-state index contributed by atoms with van der Waals surface area (Å²) in [6.07, 6.45) is -0.269. The van der Waals surface area contributed by atoms with Crippen LogP contribution in [-0.2, 0) is 9.53 Å². The Morgan fingerprint density at radius 2 is 1.38 bits per heavy atom. The molecule has 0 saturated carbocycles. The van der Waals surface area contributed by atoms with Crippen molar-refractivity contribution < 1.29 is 19.4 Å². The second kappa shape index (κ2) is 9.23. The molecule has 1 saturated heterocycles. The van der Waals surface area contributed by atoms with Crippen molar-refractivity contribution in [3.05, 3.63) is 65.7 Å². The molecule has 6 nitrogen and oxygen atoms in total. The van der Waals surface area contributed by atoms with Crippen molar-refractivity contribution in [1.82, 2.24) is 4.90 Å². The van der Waals surface area contributed by atoms with E-state index in [4.69, 9.17) is 4.74 Å². The van der Waals surface area contributed by atoms with E-state index in [0.29, 0.717) is 13.1 Å². The molecular formula is C26H34N2O4. The number of carboxylic acid groups (broad SMARTS) is 1. The van der Waals surface area contributed by atoms with Crippen LogP contribution in [0.5, 0.6) is 0 Å². The average molecular weight is 439 g/mol. The zero-order valence-electron chi connectivity index (χ0n) is 19.7. The van der Waals surface area contributed by atoms with Gasteiger partial charge in [0.25, 0.3) is 0 Å². The van der Waals surface area contributed by atoms with Crippen molar-refractivity contribution in [3.63, 3.8) is 0 Å². The molecule has 2 aromatic rings. The fourth-order valence-corrected chi connectivity index (χ4v) is 4.15. The van der Waals surface area contributed by atoms with Crippen LogP contribution in [0.15, 0.2) is 54.6 Å². The van der Waals surface area contributed by atoms with Gasteiger partial charge in [0.05, 0.1) is 5.41 Å². The molecule has 0 spiro atoms. The van der Waals surface area contributed by atoms with E-state index in [-0.39, 0.29) is 12.0 Å². The van der Waals surface area contributed by atoms with Gasteiger partial charge in [-0.15, -0.1) is 0 Å². The number of anilines is 1. The summed E-state index contributed by atoms with van der Waals surface area (Å²) >= 11 is 0. The summed E-state index contributed by atoms with van der Waals surface area (Å²) < 4.78 is 5.47. The van der Waals surface area contributed by atoms with Crippen LogP contribution in [0.1, 0.15) is 51.7 Å².